The van der Waals surface area contributed by atoms with E-state index in [1.807, 2.05) is 0 Å². The van der Waals surface area contributed by atoms with E-state index in [0.29, 0.717) is 11.5 Å². The zero-order valence-corrected chi connectivity index (χ0v) is 13.2. The zero-order chi connectivity index (χ0) is 17.6. The van der Waals surface area contributed by atoms with Crippen LogP contribution in [-0.2, 0) is 9.47 Å². The van der Waals surface area contributed by atoms with Crippen molar-refractivity contribution in [3.05, 3.63) is 58.7 Å². The maximum atomic E-state index is 11.5. The Kier molecular flexibility index (Phi) is 3.47. The first-order valence-electron chi connectivity index (χ1n) is 6.93. The van der Waals surface area contributed by atoms with E-state index in [1.54, 1.807) is 0 Å². The van der Waals surface area contributed by atoms with Gasteiger partial charge in [-0.05, 0) is 36.4 Å². The van der Waals surface area contributed by atoms with Crippen molar-refractivity contribution in [2.45, 2.75) is 0 Å². The van der Waals surface area contributed by atoms with Gasteiger partial charge in [-0.25, -0.2) is 19.2 Å². The van der Waals surface area contributed by atoms with Gasteiger partial charge in [0, 0.05) is 0 Å². The van der Waals surface area contributed by atoms with Crippen molar-refractivity contribution in [2.24, 2.45) is 0 Å². The first-order chi connectivity index (χ1) is 12.0. The fraction of sp³-hybridized carbons (Fsp3) is 0. The Morgan fingerprint density at radius 3 is 1.44 bits per heavy atom. The van der Waals surface area contributed by atoms with Crippen LogP contribution in [0.2, 0.25) is 0 Å². The van der Waals surface area contributed by atoms with Crippen molar-refractivity contribution in [1.29, 1.82) is 0 Å². The summed E-state index contributed by atoms with van der Waals surface area (Å²) in [5.74, 6) is -2.19. The molecule has 0 aliphatic carbocycles. The lowest BCUT2D eigenvalue weighted by Gasteiger charge is -2.08. The number of benzene rings is 2. The summed E-state index contributed by atoms with van der Waals surface area (Å²) in [7, 11) is -0.485. The van der Waals surface area contributed by atoms with Gasteiger partial charge in [-0.3, -0.25) is 0 Å². The smallest absolute Gasteiger partial charge is 0.347 e. The SMILES string of the molecule is O=C1OC(=O)c2cc(OPOc3ccc4c(c3)C(=O)OC4=O)ccc21. The lowest BCUT2D eigenvalue weighted by Crippen LogP contribution is -1.97. The van der Waals surface area contributed by atoms with Gasteiger partial charge in [-0.2, -0.15) is 0 Å². The molecule has 2 aliphatic rings. The fourth-order valence-corrected chi connectivity index (χ4v) is 2.86. The number of hydrogen-bond acceptors (Lipinski definition) is 8. The van der Waals surface area contributed by atoms with Gasteiger partial charge in [0.2, 0.25) is 0 Å². The van der Waals surface area contributed by atoms with Crippen LogP contribution >= 0.6 is 9.03 Å². The molecule has 0 bridgehead atoms. The average molecular weight is 358 g/mol. The molecule has 0 atom stereocenters. The predicted molar refractivity (Wildman–Crippen MR) is 81.9 cm³/mol. The summed E-state index contributed by atoms with van der Waals surface area (Å²) in [5, 5.41) is 0. The molecule has 0 fully saturated rings. The molecule has 0 saturated carbocycles. The highest BCUT2D eigenvalue weighted by Gasteiger charge is 2.31. The molecule has 9 heteroatoms. The molecule has 0 saturated heterocycles. The third-order valence-electron chi connectivity index (χ3n) is 3.55. The quantitative estimate of drug-likeness (QED) is 0.466. The van der Waals surface area contributed by atoms with Crippen LogP contribution in [-0.4, -0.2) is 23.9 Å². The first kappa shape index (κ1) is 15.3. The normalized spacial score (nSPS) is 14.7. The van der Waals surface area contributed by atoms with Crippen LogP contribution in [0.15, 0.2) is 36.4 Å². The molecule has 4 rings (SSSR count). The standard InChI is InChI=1S/C16H7O8P/c17-13-9-3-1-7(5-11(9)15(19)21-13)23-25-24-8-2-4-10-12(6-8)16(20)22-14(10)18/h1-6,25H. The highest BCUT2D eigenvalue weighted by Crippen LogP contribution is 2.31. The van der Waals surface area contributed by atoms with E-state index in [9.17, 15) is 19.2 Å². The number of rotatable bonds is 4. The topological polar surface area (TPSA) is 105 Å². The van der Waals surface area contributed by atoms with Crippen LogP contribution < -0.4 is 9.05 Å². The van der Waals surface area contributed by atoms with Crippen molar-refractivity contribution < 1.29 is 37.7 Å². The molecule has 0 aromatic heterocycles. The minimum absolute atomic E-state index is 0.131. The Morgan fingerprint density at radius 1 is 0.600 bits per heavy atom. The summed E-state index contributed by atoms with van der Waals surface area (Å²) in [6.45, 7) is 0. The van der Waals surface area contributed by atoms with E-state index in [1.165, 1.54) is 36.4 Å². The maximum Gasteiger partial charge on any atom is 0.347 e. The third-order valence-corrected chi connectivity index (χ3v) is 4.19. The average Bonchev–Trinajstić information content (AvgIpc) is 3.04. The number of esters is 4. The van der Waals surface area contributed by atoms with Crippen LogP contribution in [0.1, 0.15) is 41.4 Å². The van der Waals surface area contributed by atoms with Gasteiger partial charge < -0.3 is 18.5 Å². The third kappa shape index (κ3) is 2.62. The van der Waals surface area contributed by atoms with Crippen molar-refractivity contribution in [3.63, 3.8) is 0 Å². The Hall–Kier alpha value is -3.25. The number of fused-ring (bicyclic) bond motifs is 2. The zero-order valence-electron chi connectivity index (χ0n) is 12.2. The van der Waals surface area contributed by atoms with Gasteiger partial charge >= 0.3 is 23.9 Å². The molecule has 0 radical (unpaired) electrons. The molecule has 0 amide bonds. The number of cyclic esters (lactones) is 4. The molecular formula is C16H7O8P. The van der Waals surface area contributed by atoms with E-state index in [-0.39, 0.29) is 22.3 Å². The molecule has 124 valence electrons. The lowest BCUT2D eigenvalue weighted by molar-refractivity contribution is 0.0425. The largest absolute Gasteiger partial charge is 0.441 e. The molecule has 0 N–H and O–H groups in total. The van der Waals surface area contributed by atoms with E-state index in [0.717, 1.165) is 0 Å². The minimum Gasteiger partial charge on any atom is -0.441 e. The van der Waals surface area contributed by atoms with E-state index < -0.39 is 32.9 Å². The van der Waals surface area contributed by atoms with Gasteiger partial charge in [0.25, 0.3) is 9.03 Å². The molecule has 8 nitrogen and oxygen atoms in total. The van der Waals surface area contributed by atoms with Crippen molar-refractivity contribution >= 4 is 32.9 Å². The molecule has 2 aliphatic heterocycles. The van der Waals surface area contributed by atoms with E-state index >= 15 is 0 Å². The van der Waals surface area contributed by atoms with Gasteiger partial charge in [0.15, 0.2) is 0 Å². The second-order valence-electron chi connectivity index (χ2n) is 5.06. The second-order valence-corrected chi connectivity index (χ2v) is 5.63. The van der Waals surface area contributed by atoms with Crippen molar-refractivity contribution in [3.8, 4) is 11.5 Å². The summed E-state index contributed by atoms with van der Waals surface area (Å²) >= 11 is 0. The van der Waals surface area contributed by atoms with Crippen LogP contribution in [0.25, 0.3) is 0 Å². The van der Waals surface area contributed by atoms with E-state index in [4.69, 9.17) is 9.05 Å². The number of ether oxygens (including phenoxy) is 2. The van der Waals surface area contributed by atoms with Gasteiger partial charge in [0.05, 0.1) is 22.3 Å². The number of carbonyl (C=O) groups is 4. The first-order valence-corrected chi connectivity index (χ1v) is 7.74. The molecule has 2 aromatic rings. The predicted octanol–water partition coefficient (Wildman–Crippen LogP) is 2.27. The van der Waals surface area contributed by atoms with Crippen molar-refractivity contribution in [1.82, 2.24) is 0 Å². The maximum absolute atomic E-state index is 11.5. The molecule has 0 spiro atoms. The Balaban J connectivity index is 1.44. The number of carbonyl (C=O) groups excluding carboxylic acids is 4. The Bertz CT molecular complexity index is 887. The highest BCUT2D eigenvalue weighted by molar-refractivity contribution is 7.27. The number of hydrogen-bond donors (Lipinski definition) is 0. The van der Waals surface area contributed by atoms with E-state index in [2.05, 4.69) is 9.47 Å². The Labute approximate surface area is 141 Å². The molecule has 2 aromatic carbocycles. The highest BCUT2D eigenvalue weighted by atomic mass is 31.1. The fourth-order valence-electron chi connectivity index (χ4n) is 2.37. The summed E-state index contributed by atoms with van der Waals surface area (Å²) < 4.78 is 19.8. The summed E-state index contributed by atoms with van der Waals surface area (Å²) in [6.07, 6.45) is 0. The van der Waals surface area contributed by atoms with Gasteiger partial charge in [0.1, 0.15) is 11.5 Å². The monoisotopic (exact) mass is 358 g/mol. The van der Waals surface area contributed by atoms with Gasteiger partial charge in [-0.1, -0.05) is 0 Å². The molecule has 0 unspecified atom stereocenters. The summed E-state index contributed by atoms with van der Waals surface area (Å²) in [5.41, 5.74) is 0.629. The molecule has 2 heterocycles. The van der Waals surface area contributed by atoms with Crippen molar-refractivity contribution in [2.75, 3.05) is 0 Å². The summed E-state index contributed by atoms with van der Waals surface area (Å²) in [6, 6.07) is 8.65. The van der Waals surface area contributed by atoms with Crippen LogP contribution in [0.4, 0.5) is 0 Å². The van der Waals surface area contributed by atoms with Gasteiger partial charge in [-0.15, -0.1) is 0 Å². The Morgan fingerprint density at radius 2 is 1.00 bits per heavy atom. The van der Waals surface area contributed by atoms with Crippen LogP contribution in [0.3, 0.4) is 0 Å². The molecular weight excluding hydrogens is 351 g/mol. The van der Waals surface area contributed by atoms with Crippen LogP contribution in [0, 0.1) is 0 Å². The molecule has 25 heavy (non-hydrogen) atoms. The second kappa shape index (κ2) is 5.68. The van der Waals surface area contributed by atoms with Crippen LogP contribution in [0.5, 0.6) is 11.5 Å². The lowest BCUT2D eigenvalue weighted by atomic mass is 10.1. The summed E-state index contributed by atoms with van der Waals surface area (Å²) in [4.78, 5) is 45.7. The minimum atomic E-state index is -0.725.